The molecule has 1 nitrogen and oxygen atoms in total. The minimum atomic E-state index is 0.954. The van der Waals surface area contributed by atoms with Gasteiger partial charge in [-0.2, -0.15) is 0 Å². The Kier molecular flexibility index (Phi) is 2.53. The van der Waals surface area contributed by atoms with Crippen LogP contribution in [-0.2, 0) is 6.42 Å². The number of ether oxygens (including phenoxy) is 1. The van der Waals surface area contributed by atoms with Crippen molar-refractivity contribution < 1.29 is 4.74 Å². The summed E-state index contributed by atoms with van der Waals surface area (Å²) in [6.45, 7) is 0. The van der Waals surface area contributed by atoms with Gasteiger partial charge in [0.2, 0.25) is 0 Å². The van der Waals surface area contributed by atoms with Crippen LogP contribution < -0.4 is 4.74 Å². The van der Waals surface area contributed by atoms with Crippen LogP contribution in [0.15, 0.2) is 24.3 Å². The van der Waals surface area contributed by atoms with Crippen LogP contribution in [-0.4, -0.2) is 7.11 Å². The molecule has 0 unspecified atom stereocenters. The average molecular weight is 176 g/mol. The highest BCUT2D eigenvalue weighted by Crippen LogP contribution is 2.33. The SMILES string of the molecule is COc1ccc(CCC2CC2)cc1. The van der Waals surface area contributed by atoms with E-state index in [4.69, 9.17) is 4.74 Å². The Labute approximate surface area is 79.7 Å². The summed E-state index contributed by atoms with van der Waals surface area (Å²) in [5.74, 6) is 1.98. The fraction of sp³-hybridized carbons (Fsp3) is 0.500. The molecule has 0 radical (unpaired) electrons. The molecule has 2 rings (SSSR count). The van der Waals surface area contributed by atoms with Gasteiger partial charge in [-0.25, -0.2) is 0 Å². The molecule has 1 fully saturated rings. The molecule has 13 heavy (non-hydrogen) atoms. The lowest BCUT2D eigenvalue weighted by Gasteiger charge is -2.02. The lowest BCUT2D eigenvalue weighted by Crippen LogP contribution is -1.87. The first-order valence-electron chi connectivity index (χ1n) is 5.01. The molecule has 0 atom stereocenters. The molecule has 1 aliphatic carbocycles. The van der Waals surface area contributed by atoms with Crippen LogP contribution in [0.4, 0.5) is 0 Å². The molecule has 0 spiro atoms. The van der Waals surface area contributed by atoms with Crippen molar-refractivity contribution in [3.8, 4) is 5.75 Å². The number of rotatable bonds is 4. The van der Waals surface area contributed by atoms with Crippen molar-refractivity contribution in [3.63, 3.8) is 0 Å². The molecule has 0 N–H and O–H groups in total. The van der Waals surface area contributed by atoms with Crippen molar-refractivity contribution in [2.45, 2.75) is 25.7 Å². The van der Waals surface area contributed by atoms with Crippen LogP contribution in [0, 0.1) is 5.92 Å². The highest BCUT2D eigenvalue weighted by molar-refractivity contribution is 5.27. The van der Waals surface area contributed by atoms with Crippen molar-refractivity contribution in [2.75, 3.05) is 7.11 Å². The number of aryl methyl sites for hydroxylation is 1. The van der Waals surface area contributed by atoms with E-state index >= 15 is 0 Å². The maximum absolute atomic E-state index is 5.11. The first-order chi connectivity index (χ1) is 6.38. The summed E-state index contributed by atoms with van der Waals surface area (Å²) >= 11 is 0. The zero-order valence-electron chi connectivity index (χ0n) is 8.12. The number of hydrogen-bond acceptors (Lipinski definition) is 1. The zero-order chi connectivity index (χ0) is 9.10. The summed E-state index contributed by atoms with van der Waals surface area (Å²) in [4.78, 5) is 0. The van der Waals surface area contributed by atoms with Gasteiger partial charge in [-0.3, -0.25) is 0 Å². The average Bonchev–Trinajstić information content (AvgIpc) is 2.99. The highest BCUT2D eigenvalue weighted by atomic mass is 16.5. The molecular formula is C12H16O. The lowest BCUT2D eigenvalue weighted by molar-refractivity contribution is 0.414. The molecule has 1 aliphatic rings. The minimum Gasteiger partial charge on any atom is -0.497 e. The van der Waals surface area contributed by atoms with Crippen LogP contribution in [0.1, 0.15) is 24.8 Å². The predicted octanol–water partition coefficient (Wildman–Crippen LogP) is 3.04. The van der Waals surface area contributed by atoms with Gasteiger partial charge in [-0.05, 0) is 36.5 Å². The molecular weight excluding hydrogens is 160 g/mol. The van der Waals surface area contributed by atoms with Gasteiger partial charge in [-0.15, -0.1) is 0 Å². The Morgan fingerprint density at radius 2 is 1.92 bits per heavy atom. The van der Waals surface area contributed by atoms with Gasteiger partial charge in [0.1, 0.15) is 5.75 Å². The van der Waals surface area contributed by atoms with Gasteiger partial charge in [-0.1, -0.05) is 25.0 Å². The van der Waals surface area contributed by atoms with E-state index < -0.39 is 0 Å². The summed E-state index contributed by atoms with van der Waals surface area (Å²) in [6.07, 6.45) is 5.51. The smallest absolute Gasteiger partial charge is 0.118 e. The van der Waals surface area contributed by atoms with E-state index in [0.717, 1.165) is 11.7 Å². The van der Waals surface area contributed by atoms with Crippen LogP contribution in [0.5, 0.6) is 5.75 Å². The molecule has 1 aromatic carbocycles. The maximum atomic E-state index is 5.11. The van der Waals surface area contributed by atoms with Gasteiger partial charge >= 0.3 is 0 Å². The van der Waals surface area contributed by atoms with Gasteiger partial charge < -0.3 is 4.74 Å². The van der Waals surface area contributed by atoms with E-state index in [-0.39, 0.29) is 0 Å². The number of benzene rings is 1. The Bertz CT molecular complexity index is 259. The maximum Gasteiger partial charge on any atom is 0.118 e. The van der Waals surface area contributed by atoms with E-state index in [2.05, 4.69) is 12.1 Å². The Balaban J connectivity index is 1.88. The third kappa shape index (κ3) is 2.48. The zero-order valence-corrected chi connectivity index (χ0v) is 8.12. The first kappa shape index (κ1) is 8.61. The topological polar surface area (TPSA) is 9.23 Å². The normalized spacial score (nSPS) is 15.8. The largest absolute Gasteiger partial charge is 0.497 e. The van der Waals surface area contributed by atoms with E-state index in [1.807, 2.05) is 12.1 Å². The standard InChI is InChI=1S/C12H16O/c1-13-12-8-6-11(7-9-12)5-4-10-2-3-10/h6-10H,2-5H2,1H3. The van der Waals surface area contributed by atoms with E-state index in [1.165, 1.54) is 31.2 Å². The first-order valence-corrected chi connectivity index (χ1v) is 5.01. The van der Waals surface area contributed by atoms with Crippen LogP contribution in [0.25, 0.3) is 0 Å². The monoisotopic (exact) mass is 176 g/mol. The molecule has 0 aliphatic heterocycles. The van der Waals surface area contributed by atoms with Gasteiger partial charge in [0.25, 0.3) is 0 Å². The van der Waals surface area contributed by atoms with Crippen molar-refractivity contribution >= 4 is 0 Å². The fourth-order valence-corrected chi connectivity index (χ4v) is 1.57. The molecule has 0 amide bonds. The summed E-state index contributed by atoms with van der Waals surface area (Å²) in [7, 11) is 1.71. The molecule has 0 saturated heterocycles. The van der Waals surface area contributed by atoms with E-state index in [0.29, 0.717) is 0 Å². The summed E-state index contributed by atoms with van der Waals surface area (Å²) in [5, 5.41) is 0. The highest BCUT2D eigenvalue weighted by Gasteiger charge is 2.20. The van der Waals surface area contributed by atoms with Crippen LogP contribution in [0.3, 0.4) is 0 Å². The van der Waals surface area contributed by atoms with Crippen molar-refractivity contribution in [1.29, 1.82) is 0 Å². The fourth-order valence-electron chi connectivity index (χ4n) is 1.57. The lowest BCUT2D eigenvalue weighted by atomic mass is 10.1. The van der Waals surface area contributed by atoms with Crippen LogP contribution in [0.2, 0.25) is 0 Å². The third-order valence-corrected chi connectivity index (χ3v) is 2.70. The molecule has 1 aromatic rings. The van der Waals surface area contributed by atoms with Gasteiger partial charge in [0, 0.05) is 0 Å². The Morgan fingerprint density at radius 3 is 2.46 bits per heavy atom. The molecule has 1 saturated carbocycles. The minimum absolute atomic E-state index is 0.954. The van der Waals surface area contributed by atoms with E-state index in [1.54, 1.807) is 7.11 Å². The second-order valence-electron chi connectivity index (χ2n) is 3.83. The molecule has 0 aromatic heterocycles. The van der Waals surface area contributed by atoms with Gasteiger partial charge in [0.15, 0.2) is 0 Å². The second-order valence-corrected chi connectivity index (χ2v) is 3.83. The molecule has 0 bridgehead atoms. The number of methoxy groups -OCH3 is 1. The van der Waals surface area contributed by atoms with Crippen molar-refractivity contribution in [1.82, 2.24) is 0 Å². The summed E-state index contributed by atoms with van der Waals surface area (Å²) < 4.78 is 5.11. The summed E-state index contributed by atoms with van der Waals surface area (Å²) in [5.41, 5.74) is 1.44. The molecule has 0 heterocycles. The van der Waals surface area contributed by atoms with Crippen LogP contribution >= 0.6 is 0 Å². The second kappa shape index (κ2) is 3.82. The molecule has 70 valence electrons. The van der Waals surface area contributed by atoms with E-state index in [9.17, 15) is 0 Å². The quantitative estimate of drug-likeness (QED) is 0.685. The predicted molar refractivity (Wildman–Crippen MR) is 54.0 cm³/mol. The molecule has 1 heteroatoms. The third-order valence-electron chi connectivity index (χ3n) is 2.70. The Morgan fingerprint density at radius 1 is 1.23 bits per heavy atom. The number of hydrogen-bond donors (Lipinski definition) is 0. The Hall–Kier alpha value is -0.980. The van der Waals surface area contributed by atoms with Gasteiger partial charge in [0.05, 0.1) is 7.11 Å². The van der Waals surface area contributed by atoms with Crippen molar-refractivity contribution in [3.05, 3.63) is 29.8 Å². The van der Waals surface area contributed by atoms with Crippen molar-refractivity contribution in [2.24, 2.45) is 5.92 Å². The summed E-state index contributed by atoms with van der Waals surface area (Å²) in [6, 6.07) is 8.42.